The van der Waals surface area contributed by atoms with E-state index in [0.29, 0.717) is 27.0 Å². The lowest BCUT2D eigenvalue weighted by Gasteiger charge is -2.20. The van der Waals surface area contributed by atoms with Gasteiger partial charge in [-0.15, -0.1) is 11.3 Å². The van der Waals surface area contributed by atoms with Crippen molar-refractivity contribution in [1.29, 1.82) is 0 Å². The smallest absolute Gasteiger partial charge is 0.488 e. The van der Waals surface area contributed by atoms with Gasteiger partial charge in [0.25, 0.3) is 0 Å². The molecule has 1 unspecified atom stereocenters. The lowest BCUT2D eigenvalue weighted by Crippen LogP contribution is -2.21. The summed E-state index contributed by atoms with van der Waals surface area (Å²) in [6.07, 6.45) is -2.97. The van der Waals surface area contributed by atoms with Crippen LogP contribution in [-0.2, 0) is 9.53 Å². The first kappa shape index (κ1) is 29.7. The van der Waals surface area contributed by atoms with Crippen LogP contribution in [-0.4, -0.2) is 71.9 Å². The zero-order chi connectivity index (χ0) is 27.9. The minimum absolute atomic E-state index is 0.103. The van der Waals surface area contributed by atoms with Crippen molar-refractivity contribution in [2.45, 2.75) is 32.5 Å². The molecule has 0 amide bonds. The molecule has 2 N–H and O–H groups in total. The second-order valence-corrected chi connectivity index (χ2v) is 9.04. The number of methoxy groups -OCH3 is 1. The Morgan fingerprint density at radius 2 is 1.89 bits per heavy atom. The third kappa shape index (κ3) is 8.25. The van der Waals surface area contributed by atoms with Gasteiger partial charge in [-0.3, -0.25) is 0 Å². The zero-order valence-electron chi connectivity index (χ0n) is 20.6. The lowest BCUT2D eigenvalue weighted by molar-refractivity contribution is -0.192. The molecule has 0 bridgehead atoms. The molecule has 202 valence electrons. The van der Waals surface area contributed by atoms with Gasteiger partial charge in [0.1, 0.15) is 33.4 Å². The van der Waals surface area contributed by atoms with Crippen molar-refractivity contribution in [1.82, 2.24) is 14.9 Å². The van der Waals surface area contributed by atoms with Gasteiger partial charge in [0, 0.05) is 12.6 Å². The summed E-state index contributed by atoms with van der Waals surface area (Å²) < 4.78 is 56.5. The topological polar surface area (TPSA) is 114 Å². The maximum atomic E-state index is 13.9. The van der Waals surface area contributed by atoms with Gasteiger partial charge in [-0.1, -0.05) is 0 Å². The van der Waals surface area contributed by atoms with Crippen LogP contribution in [0.1, 0.15) is 28.6 Å². The Labute approximate surface area is 214 Å². The third-order valence-corrected chi connectivity index (χ3v) is 6.03. The molecule has 1 aromatic carbocycles. The van der Waals surface area contributed by atoms with Crippen LogP contribution in [0.2, 0.25) is 0 Å². The van der Waals surface area contributed by atoms with Gasteiger partial charge in [-0.25, -0.2) is 23.9 Å². The van der Waals surface area contributed by atoms with Gasteiger partial charge in [-0.2, -0.15) is 13.2 Å². The number of hydrogen-bond acceptors (Lipinski definition) is 9. The van der Waals surface area contributed by atoms with Crippen molar-refractivity contribution in [3.8, 4) is 5.75 Å². The number of nitrogens with zero attached hydrogens (tertiary/aromatic N) is 3. The van der Waals surface area contributed by atoms with Crippen molar-refractivity contribution in [2.75, 3.05) is 33.1 Å². The first-order chi connectivity index (χ1) is 17.2. The summed E-state index contributed by atoms with van der Waals surface area (Å²) >= 11 is 1.25. The quantitative estimate of drug-likeness (QED) is 0.297. The molecule has 0 radical (unpaired) electrons. The normalized spacial score (nSPS) is 12.1. The van der Waals surface area contributed by atoms with Crippen LogP contribution < -0.4 is 10.1 Å². The molecule has 3 aromatic rings. The molecule has 2 aromatic heterocycles. The van der Waals surface area contributed by atoms with Crippen LogP contribution in [0.3, 0.4) is 0 Å². The summed E-state index contributed by atoms with van der Waals surface area (Å²) in [5, 5.41) is 11.1. The number of esters is 1. The molecule has 0 aliphatic rings. The number of rotatable bonds is 8. The first-order valence-corrected chi connectivity index (χ1v) is 11.6. The number of carbonyl (C=O) groups is 2. The minimum atomic E-state index is -5.08. The summed E-state index contributed by atoms with van der Waals surface area (Å²) in [4.78, 5) is 32.8. The SMILES string of the molecule is COC(=O)c1sc2ncnc(Nc3ccc(F)cc3OC(C)CCN(C)C)c2c1C.O=C(O)C(F)(F)F. The van der Waals surface area contributed by atoms with E-state index in [4.69, 9.17) is 19.4 Å². The van der Waals surface area contributed by atoms with E-state index in [2.05, 4.69) is 20.2 Å². The van der Waals surface area contributed by atoms with Crippen molar-refractivity contribution in [3.63, 3.8) is 0 Å². The third-order valence-electron chi connectivity index (χ3n) is 4.85. The number of hydrogen-bond donors (Lipinski definition) is 2. The number of anilines is 2. The number of alkyl halides is 3. The van der Waals surface area contributed by atoms with Gasteiger partial charge >= 0.3 is 18.1 Å². The van der Waals surface area contributed by atoms with Crippen molar-refractivity contribution < 1.29 is 41.7 Å². The Hall–Kier alpha value is -3.52. The van der Waals surface area contributed by atoms with E-state index in [0.717, 1.165) is 23.9 Å². The zero-order valence-corrected chi connectivity index (χ0v) is 21.5. The number of fused-ring (bicyclic) bond motifs is 1. The van der Waals surface area contributed by atoms with E-state index in [-0.39, 0.29) is 11.9 Å². The van der Waals surface area contributed by atoms with Gasteiger partial charge in [-0.05, 0) is 52.1 Å². The standard InChI is InChI=1S/C21H25FN4O3S.C2HF3O2/c1-12(8-9-26(3)4)29-16-10-14(22)6-7-15(16)25-19-17-13(2)18(21(27)28-5)30-20(17)24-11-23-19;3-2(4,5)1(6)7/h6-7,10-12H,8-9H2,1-5H3,(H,23,24,25);(H,6,7). The molecule has 37 heavy (non-hydrogen) atoms. The maximum Gasteiger partial charge on any atom is 0.490 e. The predicted octanol–water partition coefficient (Wildman–Crippen LogP) is 5.02. The highest BCUT2D eigenvalue weighted by Crippen LogP contribution is 2.37. The van der Waals surface area contributed by atoms with E-state index in [1.807, 2.05) is 27.9 Å². The number of benzene rings is 1. The van der Waals surface area contributed by atoms with Crippen molar-refractivity contribution in [3.05, 3.63) is 40.8 Å². The molecule has 3 rings (SSSR count). The second-order valence-electron chi connectivity index (χ2n) is 8.04. The van der Waals surface area contributed by atoms with Crippen molar-refractivity contribution in [2.24, 2.45) is 0 Å². The minimum Gasteiger partial charge on any atom is -0.488 e. The number of ether oxygens (including phenoxy) is 2. The van der Waals surface area contributed by atoms with Gasteiger partial charge in [0.15, 0.2) is 0 Å². The van der Waals surface area contributed by atoms with Gasteiger partial charge < -0.3 is 24.8 Å². The molecule has 0 fully saturated rings. The number of carboxylic acid groups (broad SMARTS) is 1. The number of halogens is 4. The summed E-state index contributed by atoms with van der Waals surface area (Å²) in [5.74, 6) is -2.65. The van der Waals surface area contributed by atoms with Crippen LogP contribution in [0.15, 0.2) is 24.5 Å². The highest BCUT2D eigenvalue weighted by Gasteiger charge is 2.38. The highest BCUT2D eigenvalue weighted by atomic mass is 32.1. The Balaban J connectivity index is 0.000000604. The predicted molar refractivity (Wildman–Crippen MR) is 130 cm³/mol. The lowest BCUT2D eigenvalue weighted by atomic mass is 10.2. The van der Waals surface area contributed by atoms with E-state index < -0.39 is 18.1 Å². The Morgan fingerprint density at radius 3 is 2.46 bits per heavy atom. The molecule has 0 saturated carbocycles. The average Bonchev–Trinajstić information content (AvgIpc) is 3.16. The molecule has 0 spiro atoms. The van der Waals surface area contributed by atoms with Gasteiger partial charge in [0.2, 0.25) is 0 Å². The Bertz CT molecular complexity index is 1250. The van der Waals surface area contributed by atoms with Crippen molar-refractivity contribution >= 4 is 45.0 Å². The number of carbonyl (C=O) groups excluding carboxylic acids is 1. The van der Waals surface area contributed by atoms with E-state index in [1.54, 1.807) is 6.07 Å². The monoisotopic (exact) mass is 546 g/mol. The summed E-state index contributed by atoms with van der Waals surface area (Å²) in [6, 6.07) is 4.33. The molecule has 0 saturated heterocycles. The number of aromatic nitrogens is 2. The van der Waals surface area contributed by atoms with Crippen LogP contribution in [0, 0.1) is 12.7 Å². The summed E-state index contributed by atoms with van der Waals surface area (Å²) in [5.41, 5.74) is 1.31. The fourth-order valence-corrected chi connectivity index (χ4v) is 4.06. The van der Waals surface area contributed by atoms with Crippen LogP contribution >= 0.6 is 11.3 Å². The number of thiophene rings is 1. The molecule has 14 heteroatoms. The van der Waals surface area contributed by atoms with E-state index in [1.165, 1.54) is 36.9 Å². The Kier molecular flexibility index (Phi) is 10.1. The first-order valence-electron chi connectivity index (χ1n) is 10.7. The average molecular weight is 547 g/mol. The number of nitrogens with one attached hydrogen (secondary N) is 1. The molecule has 0 aliphatic heterocycles. The molecule has 9 nitrogen and oxygen atoms in total. The molecular formula is C23H26F4N4O5S. The number of aliphatic carboxylic acids is 1. The van der Waals surface area contributed by atoms with Gasteiger partial charge in [0.05, 0.1) is 24.3 Å². The van der Waals surface area contributed by atoms with Crippen LogP contribution in [0.5, 0.6) is 5.75 Å². The van der Waals surface area contributed by atoms with Crippen LogP contribution in [0.4, 0.5) is 29.1 Å². The molecule has 1 atom stereocenters. The number of carboxylic acids is 1. The van der Waals surface area contributed by atoms with Crippen LogP contribution in [0.25, 0.3) is 10.2 Å². The summed E-state index contributed by atoms with van der Waals surface area (Å²) in [6.45, 7) is 4.63. The highest BCUT2D eigenvalue weighted by molar-refractivity contribution is 7.20. The number of aryl methyl sites for hydroxylation is 1. The maximum absolute atomic E-state index is 13.9. The summed E-state index contributed by atoms with van der Waals surface area (Å²) in [7, 11) is 5.33. The fraction of sp³-hybridized carbons (Fsp3) is 0.391. The van der Waals surface area contributed by atoms with E-state index in [9.17, 15) is 22.4 Å². The van der Waals surface area contributed by atoms with E-state index >= 15 is 0 Å². The molecular weight excluding hydrogens is 520 g/mol. The largest absolute Gasteiger partial charge is 0.490 e. The molecule has 2 heterocycles. The Morgan fingerprint density at radius 1 is 1.24 bits per heavy atom. The second kappa shape index (κ2) is 12.6. The molecule has 0 aliphatic carbocycles. The fourth-order valence-electron chi connectivity index (χ4n) is 2.99.